The van der Waals surface area contributed by atoms with Gasteiger partial charge in [-0.1, -0.05) is 0 Å². The van der Waals surface area contributed by atoms with E-state index < -0.39 is 4.92 Å². The molecule has 0 bridgehead atoms. The van der Waals surface area contributed by atoms with Gasteiger partial charge in [-0.15, -0.1) is 0 Å². The number of ether oxygens (including phenoxy) is 2. The minimum absolute atomic E-state index is 0.0135. The molecule has 1 saturated heterocycles. The maximum atomic E-state index is 11.0. The molecule has 1 heterocycles. The lowest BCUT2D eigenvalue weighted by Gasteiger charge is -2.24. The highest BCUT2D eigenvalue weighted by Crippen LogP contribution is 2.28. The highest BCUT2D eigenvalue weighted by Gasteiger charge is 2.17. The number of hydrogen-bond acceptors (Lipinski definition) is 6. The van der Waals surface area contributed by atoms with E-state index >= 15 is 0 Å². The number of nitro groups is 1. The Morgan fingerprint density at radius 3 is 3.11 bits per heavy atom. The van der Waals surface area contributed by atoms with Gasteiger partial charge in [-0.3, -0.25) is 10.1 Å². The van der Waals surface area contributed by atoms with Gasteiger partial charge in [0.15, 0.2) is 0 Å². The van der Waals surface area contributed by atoms with Crippen molar-refractivity contribution in [3.05, 3.63) is 28.3 Å². The number of anilines is 1. The van der Waals surface area contributed by atoms with Gasteiger partial charge in [0.25, 0.3) is 5.69 Å². The summed E-state index contributed by atoms with van der Waals surface area (Å²) in [4.78, 5) is 10.5. The third kappa shape index (κ3) is 3.55. The van der Waals surface area contributed by atoms with Crippen LogP contribution in [0.15, 0.2) is 18.2 Å². The minimum Gasteiger partial charge on any atom is -0.497 e. The van der Waals surface area contributed by atoms with Crippen LogP contribution in [0.4, 0.5) is 11.4 Å². The van der Waals surface area contributed by atoms with Crippen LogP contribution < -0.4 is 15.4 Å². The summed E-state index contributed by atoms with van der Waals surface area (Å²) >= 11 is 0. The van der Waals surface area contributed by atoms with E-state index in [0.29, 0.717) is 24.6 Å². The Morgan fingerprint density at radius 2 is 2.47 bits per heavy atom. The Hall–Kier alpha value is -1.86. The molecule has 0 amide bonds. The molecule has 0 spiro atoms. The molecule has 1 unspecified atom stereocenters. The van der Waals surface area contributed by atoms with Gasteiger partial charge >= 0.3 is 0 Å². The van der Waals surface area contributed by atoms with E-state index in [1.54, 1.807) is 12.1 Å². The molecule has 104 valence electrons. The number of morpholine rings is 1. The fraction of sp³-hybridized carbons (Fsp3) is 0.500. The molecule has 1 aromatic carbocycles. The predicted octanol–water partition coefficient (Wildman–Crippen LogP) is 1.00. The van der Waals surface area contributed by atoms with Gasteiger partial charge in [-0.25, -0.2) is 0 Å². The Labute approximate surface area is 111 Å². The zero-order valence-corrected chi connectivity index (χ0v) is 10.7. The van der Waals surface area contributed by atoms with Crippen LogP contribution in [-0.4, -0.2) is 44.4 Å². The summed E-state index contributed by atoms with van der Waals surface area (Å²) in [7, 11) is 1.53. The van der Waals surface area contributed by atoms with E-state index in [-0.39, 0.29) is 11.8 Å². The quantitative estimate of drug-likeness (QED) is 0.611. The van der Waals surface area contributed by atoms with Crippen LogP contribution >= 0.6 is 0 Å². The van der Waals surface area contributed by atoms with Crippen LogP contribution in [-0.2, 0) is 4.74 Å². The predicted molar refractivity (Wildman–Crippen MR) is 70.7 cm³/mol. The highest BCUT2D eigenvalue weighted by molar-refractivity contribution is 5.64. The molecule has 0 aliphatic carbocycles. The first-order valence-corrected chi connectivity index (χ1v) is 6.09. The number of nitro benzene ring substituents is 1. The van der Waals surface area contributed by atoms with Crippen LogP contribution in [0.5, 0.6) is 5.75 Å². The van der Waals surface area contributed by atoms with Crippen molar-refractivity contribution in [2.75, 3.05) is 38.7 Å². The number of hydrogen-bond donors (Lipinski definition) is 2. The number of benzene rings is 1. The second kappa shape index (κ2) is 6.35. The molecule has 1 aliphatic heterocycles. The standard InChI is InChI=1S/C12H17N3O4/c1-18-9-2-3-12(15(16)17)11(6-9)14-8-10-7-13-4-5-19-10/h2-3,6,10,13-14H,4-5,7-8H2,1H3. The maximum absolute atomic E-state index is 11.0. The smallest absolute Gasteiger partial charge is 0.292 e. The molecule has 0 radical (unpaired) electrons. The van der Waals surface area contributed by atoms with Gasteiger partial charge < -0.3 is 20.1 Å². The van der Waals surface area contributed by atoms with Gasteiger partial charge in [0, 0.05) is 31.8 Å². The Balaban J connectivity index is 2.06. The van der Waals surface area contributed by atoms with Gasteiger partial charge in [0.05, 0.1) is 24.7 Å². The van der Waals surface area contributed by atoms with Crippen LogP contribution in [0.25, 0.3) is 0 Å². The number of methoxy groups -OCH3 is 1. The molecule has 0 aromatic heterocycles. The summed E-state index contributed by atoms with van der Waals surface area (Å²) in [6.07, 6.45) is 0.0135. The highest BCUT2D eigenvalue weighted by atomic mass is 16.6. The Kier molecular flexibility index (Phi) is 4.53. The lowest BCUT2D eigenvalue weighted by Crippen LogP contribution is -2.42. The van der Waals surface area contributed by atoms with Crippen LogP contribution in [0.3, 0.4) is 0 Å². The molecule has 19 heavy (non-hydrogen) atoms. The van der Waals surface area contributed by atoms with Gasteiger partial charge in [-0.2, -0.15) is 0 Å². The van der Waals surface area contributed by atoms with Crippen molar-refractivity contribution < 1.29 is 14.4 Å². The molecule has 1 fully saturated rings. The van der Waals surface area contributed by atoms with Crippen molar-refractivity contribution in [1.82, 2.24) is 5.32 Å². The third-order valence-electron chi connectivity index (χ3n) is 2.93. The summed E-state index contributed by atoms with van der Waals surface area (Å²) in [5.74, 6) is 0.579. The van der Waals surface area contributed by atoms with E-state index in [2.05, 4.69) is 10.6 Å². The van der Waals surface area contributed by atoms with E-state index in [1.807, 2.05) is 0 Å². The molecule has 7 heteroatoms. The van der Waals surface area contributed by atoms with E-state index in [9.17, 15) is 10.1 Å². The number of nitrogens with one attached hydrogen (secondary N) is 2. The van der Waals surface area contributed by atoms with Crippen molar-refractivity contribution in [3.8, 4) is 5.75 Å². The minimum atomic E-state index is -0.415. The van der Waals surface area contributed by atoms with E-state index in [0.717, 1.165) is 13.1 Å². The molecule has 2 rings (SSSR count). The molecular formula is C12H17N3O4. The van der Waals surface area contributed by atoms with Gasteiger partial charge in [0.2, 0.25) is 0 Å². The lowest BCUT2D eigenvalue weighted by atomic mass is 10.2. The van der Waals surface area contributed by atoms with E-state index in [1.165, 1.54) is 13.2 Å². The first-order valence-electron chi connectivity index (χ1n) is 6.09. The Morgan fingerprint density at radius 1 is 1.63 bits per heavy atom. The first kappa shape index (κ1) is 13.6. The average Bonchev–Trinajstić information content (AvgIpc) is 2.45. The van der Waals surface area contributed by atoms with Crippen LogP contribution in [0.2, 0.25) is 0 Å². The summed E-state index contributed by atoms with van der Waals surface area (Å²) in [5.41, 5.74) is 0.475. The Bertz CT molecular complexity index is 447. The van der Waals surface area contributed by atoms with Crippen molar-refractivity contribution in [2.24, 2.45) is 0 Å². The van der Waals surface area contributed by atoms with Crippen molar-refractivity contribution in [2.45, 2.75) is 6.10 Å². The molecule has 1 aliphatic rings. The van der Waals surface area contributed by atoms with Crippen molar-refractivity contribution >= 4 is 11.4 Å². The first-order chi connectivity index (χ1) is 9.20. The zero-order valence-electron chi connectivity index (χ0n) is 10.7. The topological polar surface area (TPSA) is 85.7 Å². The fourth-order valence-corrected chi connectivity index (χ4v) is 1.92. The largest absolute Gasteiger partial charge is 0.497 e. The summed E-state index contributed by atoms with van der Waals surface area (Å²) in [6.45, 7) is 2.76. The molecule has 2 N–H and O–H groups in total. The normalized spacial score (nSPS) is 18.9. The summed E-state index contributed by atoms with van der Waals surface area (Å²) in [6, 6.07) is 4.62. The third-order valence-corrected chi connectivity index (χ3v) is 2.93. The van der Waals surface area contributed by atoms with Gasteiger partial charge in [0.1, 0.15) is 11.4 Å². The number of nitrogens with zero attached hydrogens (tertiary/aromatic N) is 1. The fourth-order valence-electron chi connectivity index (χ4n) is 1.92. The lowest BCUT2D eigenvalue weighted by molar-refractivity contribution is -0.384. The SMILES string of the molecule is COc1ccc([N+](=O)[O-])c(NCC2CNCCO2)c1. The van der Waals surface area contributed by atoms with Gasteiger partial charge in [-0.05, 0) is 6.07 Å². The van der Waals surface area contributed by atoms with E-state index in [4.69, 9.17) is 9.47 Å². The van der Waals surface area contributed by atoms with Crippen molar-refractivity contribution in [3.63, 3.8) is 0 Å². The van der Waals surface area contributed by atoms with Crippen LogP contribution in [0.1, 0.15) is 0 Å². The zero-order chi connectivity index (χ0) is 13.7. The molecule has 7 nitrogen and oxygen atoms in total. The maximum Gasteiger partial charge on any atom is 0.292 e. The molecule has 0 saturated carbocycles. The summed E-state index contributed by atoms with van der Waals surface area (Å²) in [5, 5.41) is 17.2. The van der Waals surface area contributed by atoms with Crippen LogP contribution in [0, 0.1) is 10.1 Å². The number of rotatable bonds is 5. The average molecular weight is 267 g/mol. The van der Waals surface area contributed by atoms with Crippen molar-refractivity contribution in [1.29, 1.82) is 0 Å². The second-order valence-corrected chi connectivity index (χ2v) is 4.22. The monoisotopic (exact) mass is 267 g/mol. The molecule has 1 aromatic rings. The summed E-state index contributed by atoms with van der Waals surface area (Å²) < 4.78 is 10.6. The second-order valence-electron chi connectivity index (χ2n) is 4.22. The molecular weight excluding hydrogens is 250 g/mol. The molecule has 1 atom stereocenters.